The summed E-state index contributed by atoms with van der Waals surface area (Å²) < 4.78 is 40.2. The van der Waals surface area contributed by atoms with Crippen molar-refractivity contribution in [2.24, 2.45) is 16.4 Å². The molecule has 8 nitrogen and oxygen atoms in total. The van der Waals surface area contributed by atoms with Crippen molar-refractivity contribution in [3.05, 3.63) is 29.3 Å². The van der Waals surface area contributed by atoms with Crippen LogP contribution < -0.4 is 10.3 Å². The number of nitrogens with zero attached hydrogens (tertiary/aromatic N) is 4. The highest BCUT2D eigenvalue weighted by atomic mass is 19.4. The van der Waals surface area contributed by atoms with E-state index in [1.807, 2.05) is 4.90 Å². The van der Waals surface area contributed by atoms with Gasteiger partial charge < -0.3 is 14.9 Å². The van der Waals surface area contributed by atoms with Crippen molar-refractivity contribution in [1.29, 1.82) is 5.26 Å². The quantitative estimate of drug-likeness (QED) is 0.712. The van der Waals surface area contributed by atoms with Crippen molar-refractivity contribution in [3.8, 4) is 6.07 Å². The van der Waals surface area contributed by atoms with Gasteiger partial charge in [0.05, 0.1) is 17.2 Å². The Morgan fingerprint density at radius 1 is 1.30 bits per heavy atom. The second kappa shape index (κ2) is 8.67. The van der Waals surface area contributed by atoms with Gasteiger partial charge in [-0.05, 0) is 36.5 Å². The number of aliphatic hydroxyl groups excluding tert-OH is 1. The minimum atomic E-state index is -4.64. The number of alkyl halides is 3. The number of piperidine rings is 1. The number of benzene rings is 1. The van der Waals surface area contributed by atoms with E-state index in [-0.39, 0.29) is 36.2 Å². The summed E-state index contributed by atoms with van der Waals surface area (Å²) in [4.78, 5) is 27.5. The third-order valence-electron chi connectivity index (χ3n) is 7.02. The monoisotopic (exact) mass is 463 g/mol. The van der Waals surface area contributed by atoms with Crippen molar-refractivity contribution in [2.75, 3.05) is 37.7 Å². The molecule has 2 fully saturated rings. The predicted molar refractivity (Wildman–Crippen MR) is 112 cm³/mol. The highest BCUT2D eigenvalue weighted by molar-refractivity contribution is 6.39. The number of halogens is 3. The zero-order chi connectivity index (χ0) is 23.8. The first-order valence-corrected chi connectivity index (χ1v) is 10.8. The van der Waals surface area contributed by atoms with Gasteiger partial charge in [-0.3, -0.25) is 9.59 Å². The molecule has 0 aromatic heterocycles. The number of carbonyl (C=O) groups is 2. The Balaban J connectivity index is 1.49. The number of hydrogen-bond donors (Lipinski definition) is 2. The van der Waals surface area contributed by atoms with E-state index >= 15 is 0 Å². The average Bonchev–Trinajstić information content (AvgIpc) is 3.16. The first-order valence-electron chi connectivity index (χ1n) is 10.8. The molecule has 3 aliphatic heterocycles. The molecule has 1 aromatic rings. The maximum absolute atomic E-state index is 13.4. The lowest BCUT2D eigenvalue weighted by Crippen LogP contribution is -2.49. The van der Waals surface area contributed by atoms with Gasteiger partial charge in [0.15, 0.2) is 0 Å². The third kappa shape index (κ3) is 4.39. The number of nitriles is 1. The SMILES string of the molecule is N#Cc1ccc(N2CC(CO)C3(CCN(C(=O)C4=NNC(=O)CC4)CC3)C2)cc1C(F)(F)F. The van der Waals surface area contributed by atoms with E-state index in [0.717, 1.165) is 6.07 Å². The number of hydrazone groups is 1. The Labute approximate surface area is 188 Å². The molecule has 2 saturated heterocycles. The largest absolute Gasteiger partial charge is 0.417 e. The van der Waals surface area contributed by atoms with E-state index in [0.29, 0.717) is 56.8 Å². The van der Waals surface area contributed by atoms with Crippen LogP contribution in [-0.2, 0) is 15.8 Å². The second-order valence-corrected chi connectivity index (χ2v) is 8.85. The summed E-state index contributed by atoms with van der Waals surface area (Å²) in [7, 11) is 0. The van der Waals surface area contributed by atoms with Crippen LogP contribution in [0.4, 0.5) is 18.9 Å². The first kappa shape index (κ1) is 23.0. The van der Waals surface area contributed by atoms with Crippen molar-refractivity contribution in [2.45, 2.75) is 31.9 Å². The van der Waals surface area contributed by atoms with E-state index in [1.54, 1.807) is 11.0 Å². The minimum Gasteiger partial charge on any atom is -0.396 e. The number of likely N-dealkylation sites (tertiary alicyclic amines) is 1. The molecule has 2 N–H and O–H groups in total. The molecule has 1 unspecified atom stereocenters. The van der Waals surface area contributed by atoms with Gasteiger partial charge in [-0.2, -0.15) is 23.5 Å². The smallest absolute Gasteiger partial charge is 0.396 e. The van der Waals surface area contributed by atoms with Gasteiger partial charge in [-0.1, -0.05) is 0 Å². The summed E-state index contributed by atoms with van der Waals surface area (Å²) in [6.45, 7) is 1.63. The lowest BCUT2D eigenvalue weighted by atomic mass is 9.71. The number of carbonyl (C=O) groups excluding carboxylic acids is 2. The number of rotatable bonds is 3. The fourth-order valence-corrected chi connectivity index (χ4v) is 5.07. The molecular weight excluding hydrogens is 439 g/mol. The van der Waals surface area contributed by atoms with E-state index in [9.17, 15) is 27.9 Å². The molecule has 0 saturated carbocycles. The molecule has 0 bridgehead atoms. The zero-order valence-electron chi connectivity index (χ0n) is 17.9. The van der Waals surface area contributed by atoms with Crippen molar-refractivity contribution < 1.29 is 27.9 Å². The van der Waals surface area contributed by atoms with Crippen molar-refractivity contribution in [3.63, 3.8) is 0 Å². The molecule has 1 spiro atoms. The van der Waals surface area contributed by atoms with Crippen LogP contribution in [0.5, 0.6) is 0 Å². The minimum absolute atomic E-state index is 0.106. The van der Waals surface area contributed by atoms with Crippen LogP contribution in [-0.4, -0.2) is 60.3 Å². The number of amides is 2. The number of anilines is 1. The van der Waals surface area contributed by atoms with Gasteiger partial charge >= 0.3 is 6.18 Å². The molecule has 176 valence electrons. The van der Waals surface area contributed by atoms with Crippen molar-refractivity contribution >= 4 is 23.2 Å². The van der Waals surface area contributed by atoms with E-state index < -0.39 is 17.3 Å². The third-order valence-corrected chi connectivity index (χ3v) is 7.02. The van der Waals surface area contributed by atoms with E-state index in [2.05, 4.69) is 10.5 Å². The molecule has 11 heteroatoms. The summed E-state index contributed by atoms with van der Waals surface area (Å²) in [5, 5.41) is 22.9. The van der Waals surface area contributed by atoms with Crippen LogP contribution in [0.3, 0.4) is 0 Å². The average molecular weight is 463 g/mol. The highest BCUT2D eigenvalue weighted by Gasteiger charge is 2.49. The van der Waals surface area contributed by atoms with Gasteiger partial charge in [0.1, 0.15) is 5.71 Å². The van der Waals surface area contributed by atoms with E-state index in [4.69, 9.17) is 5.26 Å². The molecule has 1 aromatic carbocycles. The normalized spacial score (nSPS) is 22.7. The summed E-state index contributed by atoms with van der Waals surface area (Å²) in [6, 6.07) is 5.28. The van der Waals surface area contributed by atoms with Crippen LogP contribution in [0.2, 0.25) is 0 Å². The number of hydrogen-bond acceptors (Lipinski definition) is 6. The Bertz CT molecular complexity index is 1030. The van der Waals surface area contributed by atoms with Crippen LogP contribution >= 0.6 is 0 Å². The summed E-state index contributed by atoms with van der Waals surface area (Å²) >= 11 is 0. The molecule has 0 aliphatic carbocycles. The Morgan fingerprint density at radius 2 is 2.03 bits per heavy atom. The van der Waals surface area contributed by atoms with Gasteiger partial charge in [-0.25, -0.2) is 5.43 Å². The fourth-order valence-electron chi connectivity index (χ4n) is 5.07. The first-order chi connectivity index (χ1) is 15.7. The van der Waals surface area contributed by atoms with Crippen LogP contribution in [0, 0.1) is 22.7 Å². The van der Waals surface area contributed by atoms with Gasteiger partial charge in [0.25, 0.3) is 5.91 Å². The molecule has 2 amide bonds. The molecular formula is C22H24F3N5O3. The summed E-state index contributed by atoms with van der Waals surface area (Å²) in [5.74, 6) is -0.592. The molecule has 3 heterocycles. The maximum atomic E-state index is 13.4. The molecule has 0 radical (unpaired) electrons. The van der Waals surface area contributed by atoms with Crippen LogP contribution in [0.1, 0.15) is 36.8 Å². The van der Waals surface area contributed by atoms with Crippen molar-refractivity contribution in [1.82, 2.24) is 10.3 Å². The standard InChI is InChI=1S/C22H24F3N5O3/c23-22(24,25)17-9-16(2-1-14(17)10-26)30-11-15(12-31)21(13-30)5-7-29(8-6-21)20(33)18-3-4-19(32)28-27-18/h1-2,9,15,31H,3-8,11-13H2,(H,28,32). The Hall–Kier alpha value is -3.13. The fraction of sp³-hybridized carbons (Fsp3) is 0.545. The van der Waals surface area contributed by atoms with Crippen LogP contribution in [0.15, 0.2) is 23.3 Å². The van der Waals surface area contributed by atoms with Gasteiger partial charge in [0, 0.05) is 57.2 Å². The Kier molecular flexibility index (Phi) is 6.05. The van der Waals surface area contributed by atoms with Crippen LogP contribution in [0.25, 0.3) is 0 Å². The zero-order valence-corrected chi connectivity index (χ0v) is 17.9. The predicted octanol–water partition coefficient (Wildman–Crippen LogP) is 1.88. The lowest BCUT2D eigenvalue weighted by Gasteiger charge is -2.42. The maximum Gasteiger partial charge on any atom is 0.417 e. The topological polar surface area (TPSA) is 109 Å². The second-order valence-electron chi connectivity index (χ2n) is 8.85. The summed E-state index contributed by atoms with van der Waals surface area (Å²) in [5.41, 5.74) is 1.28. The summed E-state index contributed by atoms with van der Waals surface area (Å²) in [6.07, 6.45) is -2.93. The molecule has 3 aliphatic rings. The lowest BCUT2D eigenvalue weighted by molar-refractivity contribution is -0.137. The van der Waals surface area contributed by atoms with Gasteiger partial charge in [0.2, 0.25) is 5.91 Å². The number of nitrogens with one attached hydrogen (secondary N) is 1. The highest BCUT2D eigenvalue weighted by Crippen LogP contribution is 2.46. The van der Waals surface area contributed by atoms with Gasteiger partial charge in [-0.15, -0.1) is 0 Å². The number of aliphatic hydroxyl groups is 1. The Morgan fingerprint density at radius 3 is 2.61 bits per heavy atom. The van der Waals surface area contributed by atoms with E-state index in [1.165, 1.54) is 12.1 Å². The molecule has 1 atom stereocenters. The molecule has 4 rings (SSSR count). The molecule has 33 heavy (non-hydrogen) atoms.